The van der Waals surface area contributed by atoms with Crippen molar-refractivity contribution in [1.29, 1.82) is 0 Å². The quantitative estimate of drug-likeness (QED) is 0.0467. The minimum Gasteiger partial charge on any atom is -0.463 e. The molecule has 0 aromatic carbocycles. The first kappa shape index (κ1) is 36.6. The number of aliphatic hydroxyl groups excluding tert-OH is 6. The van der Waals surface area contributed by atoms with Gasteiger partial charge in [0, 0.05) is 6.42 Å². The summed E-state index contributed by atoms with van der Waals surface area (Å²) in [5.41, 5.74) is 0. The molecule has 232 valence electrons. The number of ether oxygens (including phenoxy) is 1. The van der Waals surface area contributed by atoms with E-state index in [0.717, 1.165) is 51.4 Å². The summed E-state index contributed by atoms with van der Waals surface area (Å²) in [5, 5.41) is 58.5. The van der Waals surface area contributed by atoms with Gasteiger partial charge in [0.2, 0.25) is 0 Å². The van der Waals surface area contributed by atoms with E-state index in [1.807, 2.05) is 0 Å². The predicted molar refractivity (Wildman–Crippen MR) is 147 cm³/mol. The zero-order valence-electron chi connectivity index (χ0n) is 23.1. The van der Waals surface area contributed by atoms with Crippen molar-refractivity contribution in [3.8, 4) is 0 Å². The number of allylic oxidation sites excluding steroid dienone is 6. The van der Waals surface area contributed by atoms with Crippen LogP contribution in [0.5, 0.6) is 0 Å². The average Bonchev–Trinajstić information content (AvgIpc) is 2.93. The third-order valence-electron chi connectivity index (χ3n) is 6.23. The van der Waals surface area contributed by atoms with Gasteiger partial charge >= 0.3 is 13.8 Å². The molecule has 13 heteroatoms. The molecule has 1 saturated carbocycles. The predicted octanol–water partition coefficient (Wildman–Crippen LogP) is 1.80. The maximum Gasteiger partial charge on any atom is 0.472 e. The molecule has 0 aromatic heterocycles. The van der Waals surface area contributed by atoms with E-state index in [1.54, 1.807) is 0 Å². The van der Waals surface area contributed by atoms with Crippen molar-refractivity contribution in [3.05, 3.63) is 36.5 Å². The Morgan fingerprint density at radius 1 is 0.775 bits per heavy atom. The van der Waals surface area contributed by atoms with Gasteiger partial charge < -0.3 is 40.3 Å². The van der Waals surface area contributed by atoms with E-state index in [2.05, 4.69) is 52.4 Å². The van der Waals surface area contributed by atoms with E-state index in [4.69, 9.17) is 4.74 Å². The van der Waals surface area contributed by atoms with Gasteiger partial charge in [0.15, 0.2) is 0 Å². The highest BCUT2D eigenvalue weighted by atomic mass is 31.2. The third-order valence-corrected chi connectivity index (χ3v) is 7.21. The van der Waals surface area contributed by atoms with E-state index < -0.39 is 69.7 Å². The normalized spacial score (nSPS) is 27.9. The monoisotopic (exact) mass is 594 g/mol. The molecule has 1 rings (SSSR count). The Bertz CT molecular complexity index is 816. The first-order chi connectivity index (χ1) is 19.0. The number of carbonyl (C=O) groups is 1. The second kappa shape index (κ2) is 20.4. The number of carbonyl (C=O) groups excluding carboxylic acids is 1. The molecule has 0 aromatic rings. The van der Waals surface area contributed by atoms with Gasteiger partial charge in [0.05, 0.1) is 6.61 Å². The summed E-state index contributed by atoms with van der Waals surface area (Å²) in [5.74, 6) is -0.529. The lowest BCUT2D eigenvalue weighted by Gasteiger charge is -2.41. The van der Waals surface area contributed by atoms with Crippen molar-refractivity contribution < 1.29 is 58.7 Å². The van der Waals surface area contributed by atoms with Crippen LogP contribution in [0.25, 0.3) is 0 Å². The molecule has 0 amide bonds. The van der Waals surface area contributed by atoms with Crippen molar-refractivity contribution in [3.63, 3.8) is 0 Å². The van der Waals surface area contributed by atoms with E-state index >= 15 is 0 Å². The Labute approximate surface area is 236 Å². The summed E-state index contributed by atoms with van der Waals surface area (Å²) >= 11 is 0. The van der Waals surface area contributed by atoms with E-state index in [9.17, 15) is 44.9 Å². The van der Waals surface area contributed by atoms with Crippen LogP contribution in [0, 0.1) is 0 Å². The van der Waals surface area contributed by atoms with Gasteiger partial charge in [0.25, 0.3) is 0 Å². The fourth-order valence-corrected chi connectivity index (χ4v) is 4.86. The fraction of sp³-hybridized carbons (Fsp3) is 0.741. The van der Waals surface area contributed by atoms with Crippen LogP contribution in [0.3, 0.4) is 0 Å². The molecule has 0 heterocycles. The minimum atomic E-state index is -4.99. The maximum absolute atomic E-state index is 12.1. The van der Waals surface area contributed by atoms with Crippen molar-refractivity contribution in [2.45, 2.75) is 114 Å². The van der Waals surface area contributed by atoms with Crippen molar-refractivity contribution >= 4 is 13.8 Å². The highest BCUT2D eigenvalue weighted by Gasteiger charge is 2.51. The number of rotatable bonds is 20. The summed E-state index contributed by atoms with van der Waals surface area (Å²) < 4.78 is 26.3. The van der Waals surface area contributed by atoms with Crippen LogP contribution < -0.4 is 0 Å². The molecule has 0 aliphatic heterocycles. The topological polar surface area (TPSA) is 203 Å². The largest absolute Gasteiger partial charge is 0.472 e. The number of hydrogen-bond acceptors (Lipinski definition) is 11. The Kier molecular flexibility index (Phi) is 18.7. The fourth-order valence-electron chi connectivity index (χ4n) is 3.88. The first-order valence-corrected chi connectivity index (χ1v) is 15.3. The van der Waals surface area contributed by atoms with Crippen LogP contribution >= 0.6 is 7.82 Å². The van der Waals surface area contributed by atoms with Crippen LogP contribution in [0.2, 0.25) is 0 Å². The maximum atomic E-state index is 12.1. The van der Waals surface area contributed by atoms with Crippen LogP contribution in [-0.2, 0) is 23.1 Å². The van der Waals surface area contributed by atoms with Crippen LogP contribution in [0.1, 0.15) is 71.1 Å². The second-order valence-electron chi connectivity index (χ2n) is 9.72. The molecule has 7 N–H and O–H groups in total. The molecule has 1 aliphatic rings. The van der Waals surface area contributed by atoms with Gasteiger partial charge in [-0.2, -0.15) is 0 Å². The standard InChI is InChI=1S/C27H47O12P/c1-2-3-4-5-6-7-8-9-10-11-12-13-14-15-16-17-21(29)37-18-20(28)19-38-40(35,36)39-27-25(33)23(31)22(30)24(32)26(27)34/h3-4,6-7,9-10,20,22-28,30-34H,2,5,8,11-19H2,1H3,(H,35,36)/b4-3-,7-6-,10-9-. The van der Waals surface area contributed by atoms with Crippen molar-refractivity contribution in [2.24, 2.45) is 0 Å². The number of hydrogen-bond donors (Lipinski definition) is 7. The number of aliphatic hydroxyl groups is 6. The molecule has 0 spiro atoms. The lowest BCUT2D eigenvalue weighted by Crippen LogP contribution is -2.64. The Hall–Kier alpha value is -1.44. The Morgan fingerprint density at radius 2 is 1.30 bits per heavy atom. The smallest absolute Gasteiger partial charge is 0.463 e. The number of unbranched alkanes of at least 4 members (excludes halogenated alkanes) is 5. The van der Waals surface area contributed by atoms with E-state index in [1.165, 1.54) is 0 Å². The summed E-state index contributed by atoms with van der Waals surface area (Å²) in [6.45, 7) is 0.839. The Balaban J connectivity index is 2.12. The lowest BCUT2D eigenvalue weighted by atomic mass is 9.85. The van der Waals surface area contributed by atoms with Gasteiger partial charge in [0.1, 0.15) is 49.3 Å². The van der Waals surface area contributed by atoms with E-state index in [-0.39, 0.29) is 6.42 Å². The third kappa shape index (κ3) is 15.0. The molecule has 0 bridgehead atoms. The highest BCUT2D eigenvalue weighted by molar-refractivity contribution is 7.47. The molecule has 6 atom stereocenters. The molecule has 0 saturated heterocycles. The van der Waals surface area contributed by atoms with Crippen LogP contribution in [-0.4, -0.2) is 97.4 Å². The first-order valence-electron chi connectivity index (χ1n) is 13.8. The minimum absolute atomic E-state index is 0.169. The zero-order valence-corrected chi connectivity index (χ0v) is 24.0. The van der Waals surface area contributed by atoms with Crippen molar-refractivity contribution in [1.82, 2.24) is 0 Å². The molecule has 6 unspecified atom stereocenters. The molecule has 0 radical (unpaired) electrons. The average molecular weight is 595 g/mol. The summed E-state index contributed by atoms with van der Waals surface area (Å²) in [7, 11) is -4.99. The second-order valence-corrected chi connectivity index (χ2v) is 11.1. The zero-order chi connectivity index (χ0) is 30.0. The van der Waals surface area contributed by atoms with Gasteiger partial charge in [-0.05, 0) is 38.5 Å². The van der Waals surface area contributed by atoms with E-state index in [0.29, 0.717) is 6.42 Å². The number of phosphoric acid groups is 1. The van der Waals surface area contributed by atoms with Gasteiger partial charge in [-0.15, -0.1) is 0 Å². The van der Waals surface area contributed by atoms with Crippen LogP contribution in [0.4, 0.5) is 0 Å². The SMILES string of the molecule is CC/C=C\C/C=C\C/C=C\CCCCCCCC(=O)OCC(O)COP(=O)(O)OC1C(O)C(O)C(O)C(O)C1O. The number of phosphoric ester groups is 1. The summed E-state index contributed by atoms with van der Waals surface area (Å²) in [6, 6.07) is 0. The summed E-state index contributed by atoms with van der Waals surface area (Å²) in [4.78, 5) is 21.7. The highest BCUT2D eigenvalue weighted by Crippen LogP contribution is 2.47. The molecular formula is C27H47O12P. The van der Waals surface area contributed by atoms with Gasteiger partial charge in [-0.1, -0.05) is 62.6 Å². The molecular weight excluding hydrogens is 547 g/mol. The number of esters is 1. The lowest BCUT2D eigenvalue weighted by molar-refractivity contribution is -0.220. The molecule has 1 fully saturated rings. The molecule has 12 nitrogen and oxygen atoms in total. The molecule has 40 heavy (non-hydrogen) atoms. The Morgan fingerprint density at radius 3 is 1.93 bits per heavy atom. The summed E-state index contributed by atoms with van der Waals surface area (Å²) in [6.07, 6.45) is 8.52. The van der Waals surface area contributed by atoms with Gasteiger partial charge in [-0.3, -0.25) is 13.8 Å². The molecule has 1 aliphatic carbocycles. The van der Waals surface area contributed by atoms with Gasteiger partial charge in [-0.25, -0.2) is 4.57 Å². The van der Waals surface area contributed by atoms with Crippen molar-refractivity contribution in [2.75, 3.05) is 13.2 Å². The van der Waals surface area contributed by atoms with Crippen LogP contribution in [0.15, 0.2) is 36.5 Å².